The Morgan fingerprint density at radius 1 is 1.53 bits per heavy atom. The van der Waals surface area contributed by atoms with Crippen molar-refractivity contribution in [2.75, 3.05) is 39.0 Å². The number of hydrogen-bond donors (Lipinski definition) is 1. The second kappa shape index (κ2) is 5.52. The molecule has 0 spiro atoms. The van der Waals surface area contributed by atoms with Gasteiger partial charge in [-0.25, -0.2) is 9.37 Å². The SMILES string of the molecule is CNc1nccc(C(=O)N2CCN(C)CC2C)c1F. The number of nitrogens with one attached hydrogen (secondary N) is 1. The Bertz CT molecular complexity index is 480. The van der Waals surface area contributed by atoms with Gasteiger partial charge in [-0.05, 0) is 20.0 Å². The van der Waals surface area contributed by atoms with Gasteiger partial charge in [-0.3, -0.25) is 4.79 Å². The number of halogens is 1. The average molecular weight is 266 g/mol. The summed E-state index contributed by atoms with van der Waals surface area (Å²) in [5.74, 6) is -0.745. The summed E-state index contributed by atoms with van der Waals surface area (Å²) in [4.78, 5) is 20.2. The van der Waals surface area contributed by atoms with Crippen LogP contribution in [0.3, 0.4) is 0 Å². The van der Waals surface area contributed by atoms with Gasteiger partial charge in [-0.1, -0.05) is 0 Å². The number of carbonyl (C=O) groups is 1. The van der Waals surface area contributed by atoms with Crippen LogP contribution in [0.5, 0.6) is 0 Å². The number of rotatable bonds is 2. The highest BCUT2D eigenvalue weighted by Gasteiger charge is 2.28. The van der Waals surface area contributed by atoms with Gasteiger partial charge in [0.15, 0.2) is 11.6 Å². The van der Waals surface area contributed by atoms with Crippen LogP contribution in [0, 0.1) is 5.82 Å². The standard InChI is InChI=1S/C13H19FN4O/c1-9-8-17(3)6-7-18(9)13(19)10-4-5-16-12(15-2)11(10)14/h4-5,9H,6-8H2,1-3H3,(H,15,16). The molecule has 1 aromatic rings. The maximum Gasteiger partial charge on any atom is 0.257 e. The van der Waals surface area contributed by atoms with E-state index in [1.807, 2.05) is 14.0 Å². The maximum absolute atomic E-state index is 14.1. The molecule has 6 heteroatoms. The summed E-state index contributed by atoms with van der Waals surface area (Å²) in [6.07, 6.45) is 1.45. The molecule has 1 N–H and O–H groups in total. The summed E-state index contributed by atoms with van der Waals surface area (Å²) >= 11 is 0. The van der Waals surface area contributed by atoms with E-state index >= 15 is 0 Å². The van der Waals surface area contributed by atoms with E-state index in [9.17, 15) is 9.18 Å². The van der Waals surface area contributed by atoms with Crippen molar-refractivity contribution < 1.29 is 9.18 Å². The second-order valence-corrected chi connectivity index (χ2v) is 4.88. The molecule has 0 aliphatic carbocycles. The number of nitrogens with zero attached hydrogens (tertiary/aromatic N) is 3. The number of anilines is 1. The van der Waals surface area contributed by atoms with Gasteiger partial charge in [0.2, 0.25) is 0 Å². The molecule has 0 aromatic carbocycles. The van der Waals surface area contributed by atoms with E-state index in [1.165, 1.54) is 12.3 Å². The molecule has 1 saturated heterocycles. The predicted octanol–water partition coefficient (Wildman–Crippen LogP) is 1.04. The molecule has 5 nitrogen and oxygen atoms in total. The van der Waals surface area contributed by atoms with Gasteiger partial charge in [0.05, 0.1) is 5.56 Å². The lowest BCUT2D eigenvalue weighted by Crippen LogP contribution is -2.52. The first kappa shape index (κ1) is 13.7. The van der Waals surface area contributed by atoms with Crippen LogP contribution in [0.4, 0.5) is 10.2 Å². The highest BCUT2D eigenvalue weighted by Crippen LogP contribution is 2.19. The van der Waals surface area contributed by atoms with E-state index in [1.54, 1.807) is 11.9 Å². The van der Waals surface area contributed by atoms with Crippen molar-refractivity contribution in [3.8, 4) is 0 Å². The van der Waals surface area contributed by atoms with E-state index in [-0.39, 0.29) is 23.3 Å². The van der Waals surface area contributed by atoms with E-state index in [0.29, 0.717) is 6.54 Å². The fraction of sp³-hybridized carbons (Fsp3) is 0.538. The number of piperazine rings is 1. The van der Waals surface area contributed by atoms with Crippen LogP contribution >= 0.6 is 0 Å². The topological polar surface area (TPSA) is 48.5 Å². The van der Waals surface area contributed by atoms with Crippen LogP contribution in [0.25, 0.3) is 0 Å². The quantitative estimate of drug-likeness (QED) is 0.869. The fourth-order valence-electron chi connectivity index (χ4n) is 2.38. The molecule has 1 aromatic heterocycles. The largest absolute Gasteiger partial charge is 0.371 e. The zero-order valence-electron chi connectivity index (χ0n) is 11.5. The first-order chi connectivity index (χ1) is 9.04. The number of aromatic nitrogens is 1. The Hall–Kier alpha value is -1.69. The van der Waals surface area contributed by atoms with Gasteiger partial charge >= 0.3 is 0 Å². The fourth-order valence-corrected chi connectivity index (χ4v) is 2.38. The van der Waals surface area contributed by atoms with Gasteiger partial charge in [0.25, 0.3) is 5.91 Å². The zero-order chi connectivity index (χ0) is 14.0. The summed E-state index contributed by atoms with van der Waals surface area (Å²) in [6, 6.07) is 1.51. The molecule has 104 valence electrons. The molecule has 2 rings (SSSR count). The zero-order valence-corrected chi connectivity index (χ0v) is 11.5. The van der Waals surface area contributed by atoms with Gasteiger partial charge < -0.3 is 15.1 Å². The first-order valence-electron chi connectivity index (χ1n) is 6.36. The normalized spacial score (nSPS) is 20.4. The number of carbonyl (C=O) groups excluding carboxylic acids is 1. The Morgan fingerprint density at radius 2 is 2.26 bits per heavy atom. The first-order valence-corrected chi connectivity index (χ1v) is 6.36. The molecular formula is C13H19FN4O. The van der Waals surface area contributed by atoms with Gasteiger partial charge in [0.1, 0.15) is 0 Å². The van der Waals surface area contributed by atoms with Crippen LogP contribution in [-0.4, -0.2) is 60.5 Å². The molecule has 1 unspecified atom stereocenters. The highest BCUT2D eigenvalue weighted by molar-refractivity contribution is 5.95. The maximum atomic E-state index is 14.1. The number of pyridine rings is 1. The Balaban J connectivity index is 2.24. The van der Waals surface area contributed by atoms with Crippen LogP contribution < -0.4 is 5.32 Å². The van der Waals surface area contributed by atoms with Crippen LogP contribution in [-0.2, 0) is 0 Å². The third-order valence-corrected chi connectivity index (χ3v) is 3.45. The number of likely N-dealkylation sites (N-methyl/N-ethyl adjacent to an activating group) is 1. The lowest BCUT2D eigenvalue weighted by Gasteiger charge is -2.38. The highest BCUT2D eigenvalue weighted by atomic mass is 19.1. The summed E-state index contributed by atoms with van der Waals surface area (Å²) in [6.45, 7) is 4.21. The summed E-state index contributed by atoms with van der Waals surface area (Å²) in [5, 5.41) is 2.65. The number of amides is 1. The third-order valence-electron chi connectivity index (χ3n) is 3.45. The van der Waals surface area contributed by atoms with E-state index in [4.69, 9.17) is 0 Å². The molecule has 1 amide bonds. The molecular weight excluding hydrogens is 247 g/mol. The van der Waals surface area contributed by atoms with Crippen molar-refractivity contribution in [3.63, 3.8) is 0 Å². The third kappa shape index (κ3) is 2.68. The molecule has 0 bridgehead atoms. The summed E-state index contributed by atoms with van der Waals surface area (Å²) < 4.78 is 14.1. The van der Waals surface area contributed by atoms with Crippen molar-refractivity contribution in [2.45, 2.75) is 13.0 Å². The Kier molecular flexibility index (Phi) is 3.99. The average Bonchev–Trinajstić information content (AvgIpc) is 2.38. The van der Waals surface area contributed by atoms with Gasteiger partial charge in [-0.2, -0.15) is 0 Å². The molecule has 0 saturated carbocycles. The second-order valence-electron chi connectivity index (χ2n) is 4.88. The molecule has 1 fully saturated rings. The minimum atomic E-state index is -0.582. The summed E-state index contributed by atoms with van der Waals surface area (Å²) in [5.41, 5.74) is 0.0794. The van der Waals surface area contributed by atoms with Gasteiger partial charge in [0, 0.05) is 38.9 Å². The van der Waals surface area contributed by atoms with Crippen LogP contribution in [0.2, 0.25) is 0 Å². The monoisotopic (exact) mass is 266 g/mol. The predicted molar refractivity (Wildman–Crippen MR) is 71.7 cm³/mol. The minimum Gasteiger partial charge on any atom is -0.371 e. The lowest BCUT2D eigenvalue weighted by atomic mass is 10.1. The van der Waals surface area contributed by atoms with Crippen molar-refractivity contribution in [1.29, 1.82) is 0 Å². The lowest BCUT2D eigenvalue weighted by molar-refractivity contribution is 0.0529. The summed E-state index contributed by atoms with van der Waals surface area (Å²) in [7, 11) is 3.60. The smallest absolute Gasteiger partial charge is 0.257 e. The number of hydrogen-bond acceptors (Lipinski definition) is 4. The van der Waals surface area contributed by atoms with Crippen LogP contribution in [0.15, 0.2) is 12.3 Å². The van der Waals surface area contributed by atoms with Crippen molar-refractivity contribution in [2.24, 2.45) is 0 Å². The van der Waals surface area contributed by atoms with E-state index < -0.39 is 5.82 Å². The van der Waals surface area contributed by atoms with E-state index in [0.717, 1.165) is 13.1 Å². The Labute approximate surface area is 112 Å². The Morgan fingerprint density at radius 3 is 2.89 bits per heavy atom. The van der Waals surface area contributed by atoms with Crippen molar-refractivity contribution >= 4 is 11.7 Å². The van der Waals surface area contributed by atoms with Crippen molar-refractivity contribution in [1.82, 2.24) is 14.8 Å². The van der Waals surface area contributed by atoms with Gasteiger partial charge in [-0.15, -0.1) is 0 Å². The molecule has 0 radical (unpaired) electrons. The molecule has 19 heavy (non-hydrogen) atoms. The van der Waals surface area contributed by atoms with Crippen molar-refractivity contribution in [3.05, 3.63) is 23.6 Å². The van der Waals surface area contributed by atoms with Crippen LogP contribution in [0.1, 0.15) is 17.3 Å². The van der Waals surface area contributed by atoms with E-state index in [2.05, 4.69) is 15.2 Å². The minimum absolute atomic E-state index is 0.0794. The molecule has 1 aliphatic rings. The molecule has 2 heterocycles. The molecule has 1 aliphatic heterocycles. The molecule has 1 atom stereocenters.